The molecule has 0 N–H and O–H groups in total. The standard InChI is InChI=1S/C50H96O6/c1-5-7-9-11-13-14-15-16-17-18-19-20-21-22-23-26-31-35-39-43-50(53)56-47(44-54-48(51)41-37-33-28-12-10-8-6-2)45-55-49(52)42-38-34-30-27-24-25-29-32-36-40-46(3)4/h46-47H,5-45H2,1-4H3/t47-/m0/s1. The van der Waals surface area contributed by atoms with Gasteiger partial charge in [-0.3, -0.25) is 14.4 Å². The highest BCUT2D eigenvalue weighted by Crippen LogP contribution is 2.17. The minimum Gasteiger partial charge on any atom is -0.462 e. The third kappa shape index (κ3) is 43.5. The van der Waals surface area contributed by atoms with E-state index in [9.17, 15) is 14.4 Å². The fraction of sp³-hybridized carbons (Fsp3) is 0.940. The van der Waals surface area contributed by atoms with Gasteiger partial charge >= 0.3 is 17.9 Å². The Kier molecular flexibility index (Phi) is 43.2. The van der Waals surface area contributed by atoms with Crippen molar-refractivity contribution in [2.24, 2.45) is 5.92 Å². The summed E-state index contributed by atoms with van der Waals surface area (Å²) in [4.78, 5) is 37.7. The van der Waals surface area contributed by atoms with Gasteiger partial charge in [-0.05, 0) is 25.2 Å². The molecule has 6 nitrogen and oxygen atoms in total. The second-order valence-electron chi connectivity index (χ2n) is 17.6. The largest absolute Gasteiger partial charge is 0.462 e. The SMILES string of the molecule is CCCCCCCCCCCCCCCCCCCCCC(=O)O[C@@H](COC(=O)CCCCCCCCC)COC(=O)CCCCCCCCCCCC(C)C. The van der Waals surface area contributed by atoms with Crippen molar-refractivity contribution in [1.82, 2.24) is 0 Å². The molecule has 56 heavy (non-hydrogen) atoms. The minimum atomic E-state index is -0.759. The Morgan fingerprint density at radius 1 is 0.339 bits per heavy atom. The van der Waals surface area contributed by atoms with Crippen molar-refractivity contribution in [2.75, 3.05) is 13.2 Å². The normalized spacial score (nSPS) is 11.9. The van der Waals surface area contributed by atoms with Gasteiger partial charge in [0.2, 0.25) is 0 Å². The molecule has 0 aliphatic carbocycles. The van der Waals surface area contributed by atoms with E-state index in [1.165, 1.54) is 173 Å². The number of rotatable bonds is 45. The Balaban J connectivity index is 4.18. The highest BCUT2D eigenvalue weighted by atomic mass is 16.6. The number of esters is 3. The zero-order valence-corrected chi connectivity index (χ0v) is 38.1. The van der Waals surface area contributed by atoms with Gasteiger partial charge in [0.05, 0.1) is 0 Å². The summed E-state index contributed by atoms with van der Waals surface area (Å²) in [5.74, 6) is -0.0476. The monoisotopic (exact) mass is 793 g/mol. The molecule has 0 saturated heterocycles. The van der Waals surface area contributed by atoms with E-state index in [4.69, 9.17) is 14.2 Å². The summed E-state index contributed by atoms with van der Waals surface area (Å²) in [6.45, 7) is 8.96. The van der Waals surface area contributed by atoms with Crippen LogP contribution in [0.1, 0.15) is 278 Å². The molecule has 0 unspecified atom stereocenters. The van der Waals surface area contributed by atoms with Gasteiger partial charge in [0, 0.05) is 19.3 Å². The van der Waals surface area contributed by atoms with E-state index in [1.807, 2.05) is 0 Å². The highest BCUT2D eigenvalue weighted by molar-refractivity contribution is 5.71. The Bertz CT molecular complexity index is 841. The zero-order valence-electron chi connectivity index (χ0n) is 38.1. The maximum absolute atomic E-state index is 12.7. The number of carbonyl (C=O) groups excluding carboxylic acids is 3. The van der Waals surface area contributed by atoms with Crippen LogP contribution in [0.2, 0.25) is 0 Å². The Labute approximate surface area is 348 Å². The lowest BCUT2D eigenvalue weighted by molar-refractivity contribution is -0.167. The first-order chi connectivity index (χ1) is 27.4. The predicted octanol–water partition coefficient (Wildman–Crippen LogP) is 15.9. The molecular weight excluding hydrogens is 697 g/mol. The van der Waals surface area contributed by atoms with Gasteiger partial charge in [0.1, 0.15) is 13.2 Å². The smallest absolute Gasteiger partial charge is 0.306 e. The van der Waals surface area contributed by atoms with Gasteiger partial charge in [-0.2, -0.15) is 0 Å². The van der Waals surface area contributed by atoms with E-state index >= 15 is 0 Å². The average molecular weight is 793 g/mol. The van der Waals surface area contributed by atoms with Gasteiger partial charge in [0.25, 0.3) is 0 Å². The van der Waals surface area contributed by atoms with Gasteiger partial charge in [-0.15, -0.1) is 0 Å². The lowest BCUT2D eigenvalue weighted by atomic mass is 10.0. The first-order valence-corrected chi connectivity index (χ1v) is 24.9. The van der Waals surface area contributed by atoms with Crippen LogP contribution in [0, 0.1) is 5.92 Å². The number of hydrogen-bond acceptors (Lipinski definition) is 6. The van der Waals surface area contributed by atoms with Crippen molar-refractivity contribution in [3.8, 4) is 0 Å². The second-order valence-corrected chi connectivity index (χ2v) is 17.6. The predicted molar refractivity (Wildman–Crippen MR) is 238 cm³/mol. The van der Waals surface area contributed by atoms with E-state index in [-0.39, 0.29) is 31.1 Å². The fourth-order valence-electron chi connectivity index (χ4n) is 7.51. The van der Waals surface area contributed by atoms with Gasteiger partial charge in [-0.1, -0.05) is 240 Å². The Hall–Kier alpha value is -1.59. The van der Waals surface area contributed by atoms with Crippen LogP contribution in [0.5, 0.6) is 0 Å². The van der Waals surface area contributed by atoms with Gasteiger partial charge in [-0.25, -0.2) is 0 Å². The van der Waals surface area contributed by atoms with Crippen molar-refractivity contribution < 1.29 is 28.6 Å². The van der Waals surface area contributed by atoms with Crippen LogP contribution in [0.15, 0.2) is 0 Å². The molecule has 0 aromatic heterocycles. The molecule has 332 valence electrons. The van der Waals surface area contributed by atoms with Crippen LogP contribution >= 0.6 is 0 Å². The Morgan fingerprint density at radius 3 is 0.875 bits per heavy atom. The second kappa shape index (κ2) is 44.5. The van der Waals surface area contributed by atoms with Gasteiger partial charge < -0.3 is 14.2 Å². The number of ether oxygens (including phenoxy) is 3. The van der Waals surface area contributed by atoms with E-state index in [1.54, 1.807) is 0 Å². The van der Waals surface area contributed by atoms with E-state index < -0.39 is 6.10 Å². The zero-order chi connectivity index (χ0) is 41.0. The topological polar surface area (TPSA) is 78.9 Å². The molecule has 0 amide bonds. The maximum atomic E-state index is 12.7. The molecule has 0 bridgehead atoms. The van der Waals surface area contributed by atoms with Crippen molar-refractivity contribution in [3.05, 3.63) is 0 Å². The van der Waals surface area contributed by atoms with Crippen LogP contribution in [0.4, 0.5) is 0 Å². The highest BCUT2D eigenvalue weighted by Gasteiger charge is 2.19. The molecule has 1 atom stereocenters. The molecule has 0 rings (SSSR count). The molecule has 0 aliphatic rings. The molecule has 0 aromatic rings. The molecule has 0 aromatic carbocycles. The van der Waals surface area contributed by atoms with E-state index in [2.05, 4.69) is 27.7 Å². The summed E-state index contributed by atoms with van der Waals surface area (Å²) in [5.41, 5.74) is 0. The molecule has 0 heterocycles. The molecule has 0 radical (unpaired) electrons. The summed E-state index contributed by atoms with van der Waals surface area (Å²) >= 11 is 0. The summed E-state index contributed by atoms with van der Waals surface area (Å²) in [5, 5.41) is 0. The number of unbranched alkanes of at least 4 members (excludes halogenated alkanes) is 32. The molecule has 0 aliphatic heterocycles. The lowest BCUT2D eigenvalue weighted by Gasteiger charge is -2.18. The van der Waals surface area contributed by atoms with Crippen molar-refractivity contribution >= 4 is 17.9 Å². The molecular formula is C50H96O6. The lowest BCUT2D eigenvalue weighted by Crippen LogP contribution is -2.30. The molecule has 0 fully saturated rings. The van der Waals surface area contributed by atoms with E-state index in [0.29, 0.717) is 19.3 Å². The maximum Gasteiger partial charge on any atom is 0.306 e. The summed E-state index contributed by atoms with van der Waals surface area (Å²) in [6, 6.07) is 0. The minimum absolute atomic E-state index is 0.0642. The van der Waals surface area contributed by atoms with Crippen molar-refractivity contribution in [3.63, 3.8) is 0 Å². The van der Waals surface area contributed by atoms with Gasteiger partial charge in [0.15, 0.2) is 6.10 Å². The third-order valence-electron chi connectivity index (χ3n) is 11.3. The summed E-state index contributed by atoms with van der Waals surface area (Å²) in [7, 11) is 0. The first kappa shape index (κ1) is 54.4. The average Bonchev–Trinajstić information content (AvgIpc) is 3.18. The quantitative estimate of drug-likeness (QED) is 0.0347. The van der Waals surface area contributed by atoms with Crippen LogP contribution in [0.3, 0.4) is 0 Å². The van der Waals surface area contributed by atoms with Crippen molar-refractivity contribution in [1.29, 1.82) is 0 Å². The summed E-state index contributed by atoms with van der Waals surface area (Å²) < 4.78 is 16.7. The summed E-state index contributed by atoms with van der Waals surface area (Å²) in [6.07, 6.45) is 45.4. The third-order valence-corrected chi connectivity index (χ3v) is 11.3. The number of carbonyl (C=O) groups is 3. The number of hydrogen-bond donors (Lipinski definition) is 0. The first-order valence-electron chi connectivity index (χ1n) is 24.9. The van der Waals surface area contributed by atoms with Crippen LogP contribution in [-0.2, 0) is 28.6 Å². The van der Waals surface area contributed by atoms with Crippen LogP contribution in [-0.4, -0.2) is 37.2 Å². The van der Waals surface area contributed by atoms with Crippen LogP contribution < -0.4 is 0 Å². The van der Waals surface area contributed by atoms with Crippen LogP contribution in [0.25, 0.3) is 0 Å². The molecule has 6 heteroatoms. The van der Waals surface area contributed by atoms with E-state index in [0.717, 1.165) is 63.7 Å². The molecule has 0 spiro atoms. The molecule has 0 saturated carbocycles. The van der Waals surface area contributed by atoms with Crippen molar-refractivity contribution in [2.45, 2.75) is 284 Å². The Morgan fingerprint density at radius 2 is 0.589 bits per heavy atom. The fourth-order valence-corrected chi connectivity index (χ4v) is 7.51.